The van der Waals surface area contributed by atoms with Crippen LogP contribution in [0.4, 0.5) is 37.7 Å². The Hall–Kier alpha value is -3.46. The zero-order chi connectivity index (χ0) is 33.1. The van der Waals surface area contributed by atoms with E-state index in [9.17, 15) is 26.3 Å². The molecule has 0 fully saturated rings. The van der Waals surface area contributed by atoms with E-state index in [2.05, 4.69) is 48.5 Å². The van der Waals surface area contributed by atoms with Crippen LogP contribution in [-0.2, 0) is 12.4 Å². The van der Waals surface area contributed by atoms with Gasteiger partial charge in [0, 0.05) is 0 Å². The predicted molar refractivity (Wildman–Crippen MR) is 163 cm³/mol. The first kappa shape index (κ1) is 38.6. The van der Waals surface area contributed by atoms with Crippen LogP contribution >= 0.6 is 0 Å². The normalized spacial score (nSPS) is 12.5. The highest BCUT2D eigenvalue weighted by Crippen LogP contribution is 2.31. The Morgan fingerprint density at radius 2 is 1.07 bits per heavy atom. The molecule has 0 aliphatic heterocycles. The van der Waals surface area contributed by atoms with Gasteiger partial charge >= 0.3 is 12.4 Å². The van der Waals surface area contributed by atoms with Gasteiger partial charge in [-0.3, -0.25) is 5.43 Å². The predicted octanol–water partition coefficient (Wildman–Crippen LogP) is 10.8. The maximum atomic E-state index is 12.5. The smallest absolute Gasteiger partial charge is 0.324 e. The molecular weight excluding hydrogens is 582 g/mol. The van der Waals surface area contributed by atoms with Crippen molar-refractivity contribution in [3.63, 3.8) is 0 Å². The number of hydrogen-bond donors (Lipinski definition) is 1. The van der Waals surface area contributed by atoms with E-state index < -0.39 is 29.3 Å². The second-order valence-corrected chi connectivity index (χ2v) is 10.6. The van der Waals surface area contributed by atoms with Crippen molar-refractivity contribution in [2.24, 2.45) is 15.3 Å². The molecular formula is C32H45F6N6+. The highest BCUT2D eigenvalue weighted by Gasteiger charge is 2.30. The van der Waals surface area contributed by atoms with Crippen LogP contribution in [0.3, 0.4) is 0 Å². The summed E-state index contributed by atoms with van der Waals surface area (Å²) in [4.78, 5) is 0. The van der Waals surface area contributed by atoms with Gasteiger partial charge in [-0.05, 0) is 74.2 Å². The molecule has 2 rings (SSSR count). The van der Waals surface area contributed by atoms with Crippen LogP contribution in [0.15, 0.2) is 63.9 Å². The third kappa shape index (κ3) is 14.8. The average Bonchev–Trinajstić information content (AvgIpc) is 3.00. The monoisotopic (exact) mass is 627 g/mol. The lowest BCUT2D eigenvalue weighted by atomic mass is 10.1. The number of halogens is 6. The number of benzene rings is 2. The van der Waals surface area contributed by atoms with Crippen LogP contribution in [0.2, 0.25) is 0 Å². The summed E-state index contributed by atoms with van der Waals surface area (Å²) < 4.78 is 76.2. The van der Waals surface area contributed by atoms with Crippen LogP contribution in [0, 0.1) is 11.3 Å². The van der Waals surface area contributed by atoms with Crippen molar-refractivity contribution >= 4 is 17.2 Å². The number of azo groups is 1. The van der Waals surface area contributed by atoms with Gasteiger partial charge in [-0.25, -0.2) is 0 Å². The zero-order valence-corrected chi connectivity index (χ0v) is 26.1. The molecule has 2 aromatic carbocycles. The Morgan fingerprint density at radius 1 is 0.682 bits per heavy atom. The van der Waals surface area contributed by atoms with Crippen LogP contribution in [0.25, 0.3) is 0 Å². The third-order valence-corrected chi connectivity index (χ3v) is 7.00. The van der Waals surface area contributed by atoms with E-state index in [-0.39, 0.29) is 11.4 Å². The van der Waals surface area contributed by atoms with E-state index in [1.54, 1.807) is 6.07 Å². The summed E-state index contributed by atoms with van der Waals surface area (Å²) in [5.41, 5.74) is 0.849. The van der Waals surface area contributed by atoms with Crippen LogP contribution in [-0.4, -0.2) is 36.5 Å². The number of nitriles is 1. The molecule has 0 bridgehead atoms. The van der Waals surface area contributed by atoms with Crippen molar-refractivity contribution < 1.29 is 30.8 Å². The first-order valence-electron chi connectivity index (χ1n) is 15.2. The molecule has 12 heteroatoms. The van der Waals surface area contributed by atoms with Gasteiger partial charge in [0.1, 0.15) is 6.07 Å². The number of nitrogens with zero attached hydrogens (tertiary/aromatic N) is 5. The first-order valence-corrected chi connectivity index (χ1v) is 15.2. The summed E-state index contributed by atoms with van der Waals surface area (Å²) in [6, 6.07) is 9.17. The first-order chi connectivity index (χ1) is 20.8. The van der Waals surface area contributed by atoms with E-state index in [1.165, 1.54) is 82.0 Å². The molecule has 1 N–H and O–H groups in total. The number of rotatable bonds is 15. The van der Waals surface area contributed by atoms with Gasteiger partial charge < -0.3 is 4.48 Å². The Kier molecular flexibility index (Phi) is 17.3. The van der Waals surface area contributed by atoms with Gasteiger partial charge in [0.25, 0.3) is 5.84 Å². The quantitative estimate of drug-likeness (QED) is 0.0533. The van der Waals surface area contributed by atoms with Gasteiger partial charge in [0.2, 0.25) is 0 Å². The molecule has 0 unspecified atom stereocenters. The van der Waals surface area contributed by atoms with E-state index in [0.717, 1.165) is 48.5 Å². The Bertz CT molecular complexity index is 1130. The van der Waals surface area contributed by atoms with E-state index in [4.69, 9.17) is 5.26 Å². The molecule has 6 nitrogen and oxygen atoms in total. The van der Waals surface area contributed by atoms with Gasteiger partial charge in [0.05, 0.1) is 48.7 Å². The molecule has 0 saturated carbocycles. The summed E-state index contributed by atoms with van der Waals surface area (Å²) >= 11 is 0. The molecule has 44 heavy (non-hydrogen) atoms. The lowest BCUT2D eigenvalue weighted by Crippen LogP contribution is -2.50. The SMILES string of the molecule is CCCC[N+](CCCC)(CCCC)CCCC.N#CC(N=Nc1ccc(C(F)(F)F)cc1)=NNc1ccc(C(F)(F)F)cc1. The zero-order valence-electron chi connectivity index (χ0n) is 26.1. The lowest BCUT2D eigenvalue weighted by Gasteiger charge is -2.39. The molecule has 0 amide bonds. The summed E-state index contributed by atoms with van der Waals surface area (Å²) in [6.07, 6.45) is 2.10. The molecule has 0 spiro atoms. The summed E-state index contributed by atoms with van der Waals surface area (Å²) in [7, 11) is 0. The number of hydrazone groups is 1. The van der Waals surface area contributed by atoms with Gasteiger partial charge in [-0.15, -0.1) is 15.3 Å². The Balaban J connectivity index is 0.000000493. The van der Waals surface area contributed by atoms with E-state index in [0.29, 0.717) is 0 Å². The van der Waals surface area contributed by atoms with Gasteiger partial charge in [0.15, 0.2) is 0 Å². The lowest BCUT2D eigenvalue weighted by molar-refractivity contribution is -0.929. The molecule has 0 atom stereocenters. The van der Waals surface area contributed by atoms with E-state index in [1.807, 2.05) is 0 Å². The Morgan fingerprint density at radius 3 is 1.41 bits per heavy atom. The molecule has 0 radical (unpaired) electrons. The standard InChI is InChI=1S/C16H9F6N5.C16H36N/c17-15(18,19)10-1-5-12(6-2-10)24-26-14(9-23)27-25-13-7-3-11(4-8-13)16(20,21)22;1-5-9-13-17(14-10-6-2,15-11-7-3)16-12-8-4/h1-8,24H;5-16H2,1-4H3/q;+1. The fourth-order valence-electron chi connectivity index (χ4n) is 4.39. The number of alkyl halides is 6. The maximum Gasteiger partial charge on any atom is 0.416 e. The minimum absolute atomic E-state index is 0.0560. The molecule has 0 aliphatic carbocycles. The van der Waals surface area contributed by atoms with Crippen LogP contribution in [0.1, 0.15) is 90.2 Å². The average molecular weight is 628 g/mol. The number of quaternary nitrogens is 1. The number of anilines is 1. The largest absolute Gasteiger partial charge is 0.416 e. The van der Waals surface area contributed by atoms with Gasteiger partial charge in [-0.1, -0.05) is 53.4 Å². The topological polar surface area (TPSA) is 72.9 Å². The Labute approximate surface area is 257 Å². The number of unbranched alkanes of at least 4 members (excludes halogenated alkanes) is 4. The van der Waals surface area contributed by atoms with Crippen molar-refractivity contribution in [3.8, 4) is 6.07 Å². The second kappa shape index (κ2) is 19.7. The fraction of sp³-hybridized carbons (Fsp3) is 0.562. The van der Waals surface area contributed by atoms with Gasteiger partial charge in [-0.2, -0.15) is 31.6 Å². The van der Waals surface area contributed by atoms with E-state index >= 15 is 0 Å². The number of amidine groups is 1. The maximum absolute atomic E-state index is 12.5. The highest BCUT2D eigenvalue weighted by molar-refractivity contribution is 5.97. The van der Waals surface area contributed by atoms with Crippen molar-refractivity contribution in [1.29, 1.82) is 5.26 Å². The minimum Gasteiger partial charge on any atom is -0.324 e. The van der Waals surface area contributed by atoms with Crippen molar-refractivity contribution in [2.45, 2.75) is 91.4 Å². The summed E-state index contributed by atoms with van der Waals surface area (Å²) in [5, 5.41) is 19.5. The van der Waals surface area contributed by atoms with Crippen LogP contribution < -0.4 is 5.43 Å². The molecule has 2 aromatic rings. The summed E-state index contributed by atoms with van der Waals surface area (Å²) in [6.45, 7) is 15.0. The molecule has 0 heterocycles. The summed E-state index contributed by atoms with van der Waals surface area (Å²) in [5.74, 6) is -0.477. The van der Waals surface area contributed by atoms with Crippen molar-refractivity contribution in [1.82, 2.24) is 0 Å². The molecule has 0 aliphatic rings. The second-order valence-electron chi connectivity index (χ2n) is 10.6. The molecule has 0 saturated heterocycles. The highest BCUT2D eigenvalue weighted by atomic mass is 19.4. The minimum atomic E-state index is -4.49. The third-order valence-electron chi connectivity index (χ3n) is 7.00. The van der Waals surface area contributed by atoms with Crippen LogP contribution in [0.5, 0.6) is 0 Å². The number of nitrogens with one attached hydrogen (secondary N) is 1. The molecule has 244 valence electrons. The van der Waals surface area contributed by atoms with Crippen molar-refractivity contribution in [2.75, 3.05) is 31.6 Å². The molecule has 0 aromatic heterocycles. The fourth-order valence-corrected chi connectivity index (χ4v) is 4.39. The van der Waals surface area contributed by atoms with Crippen molar-refractivity contribution in [3.05, 3.63) is 59.7 Å². The number of hydrogen-bond acceptors (Lipinski definition) is 4.